The molecule has 2 aliphatic rings. The molecule has 0 amide bonds. The molecule has 1 saturated carbocycles. The quantitative estimate of drug-likeness (QED) is 0.233. The molecule has 2 aromatic carbocycles. The van der Waals surface area contributed by atoms with Crippen LogP contribution in [0.4, 0.5) is 19.3 Å². The van der Waals surface area contributed by atoms with Crippen LogP contribution in [0.2, 0.25) is 0 Å². The van der Waals surface area contributed by atoms with Crippen LogP contribution in [0.15, 0.2) is 48.7 Å². The maximum Gasteiger partial charge on any atom is 0.483 e. The number of nitrogens with one attached hydrogen (secondary N) is 1. The molecule has 0 saturated heterocycles. The van der Waals surface area contributed by atoms with Gasteiger partial charge in [-0.1, -0.05) is 12.1 Å². The monoisotopic (exact) mass is 557 g/mol. The summed E-state index contributed by atoms with van der Waals surface area (Å²) in [5, 5.41) is 7.30. The topological polar surface area (TPSA) is 92.4 Å². The first-order chi connectivity index (χ1) is 18.6. The van der Waals surface area contributed by atoms with Crippen molar-refractivity contribution in [1.82, 2.24) is 10.2 Å². The molecule has 3 aromatic rings. The predicted octanol–water partition coefficient (Wildman–Crippen LogP) is 7.15. The number of anilines is 1. The number of fused-ring (bicyclic) bond motifs is 3. The van der Waals surface area contributed by atoms with E-state index in [0.717, 1.165) is 29.7 Å². The van der Waals surface area contributed by atoms with Gasteiger partial charge in [0, 0.05) is 48.2 Å². The number of hydrogen-bond donors (Lipinski definition) is 1. The molecule has 5 rings (SSSR count). The first-order valence-electron chi connectivity index (χ1n) is 12.8. The third-order valence-corrected chi connectivity index (χ3v) is 7.64. The van der Waals surface area contributed by atoms with Crippen molar-refractivity contribution >= 4 is 35.4 Å². The molecule has 0 radical (unpaired) electrons. The van der Waals surface area contributed by atoms with Gasteiger partial charge in [0.1, 0.15) is 23.4 Å². The number of H-pyrrole nitrogens is 1. The van der Waals surface area contributed by atoms with Crippen LogP contribution in [0.5, 0.6) is 5.75 Å². The highest BCUT2D eigenvalue weighted by Gasteiger charge is 2.49. The molecule has 39 heavy (non-hydrogen) atoms. The van der Waals surface area contributed by atoms with Crippen LogP contribution in [0.3, 0.4) is 0 Å². The number of ketones is 2. The van der Waals surface area contributed by atoms with Crippen molar-refractivity contribution in [3.05, 3.63) is 65.4 Å². The fourth-order valence-corrected chi connectivity index (χ4v) is 6.22. The summed E-state index contributed by atoms with van der Waals surface area (Å²) < 4.78 is 24.1. The standard InChI is InChI=1S/C28H30ClN3O3.CF2O/c1-16(2)32-27-19(12-17(3)33)6-9-22(27)23-14-20(15-24(28(23)32)25-10-11-30-31-25)26(34)13-18-4-7-21(35-29)8-5-18;2-1(3)4/h4-5,7-8,10-11,14-16,19,22,27H,6,9,12-13H2,1-3H3,(H,30,31);/t19-,22-,27-;/m1./s1. The van der Waals surface area contributed by atoms with Crippen molar-refractivity contribution in [2.24, 2.45) is 5.92 Å². The Kier molecular flexibility index (Phi) is 8.80. The Hall–Kier alpha value is -3.59. The van der Waals surface area contributed by atoms with Crippen LogP contribution in [0, 0.1) is 5.92 Å². The largest absolute Gasteiger partial charge is 0.483 e. The van der Waals surface area contributed by atoms with E-state index in [1.165, 1.54) is 11.3 Å². The van der Waals surface area contributed by atoms with Gasteiger partial charge in [-0.05, 0) is 81.0 Å². The second kappa shape index (κ2) is 12.1. The molecule has 0 unspecified atom stereocenters. The number of halogens is 3. The van der Waals surface area contributed by atoms with Gasteiger partial charge < -0.3 is 14.0 Å². The lowest BCUT2D eigenvalue weighted by atomic mass is 9.89. The first kappa shape index (κ1) is 28.4. The SMILES string of the molecule is CC(=O)C[C@H]1CC[C@@H]2c3cc(C(=O)Cc4ccc(OCl)cc4)cc(-c4ccn[nH]4)c3N(C(C)C)[C@H]12.O=C(F)F. The zero-order valence-electron chi connectivity index (χ0n) is 21.9. The van der Waals surface area contributed by atoms with Gasteiger partial charge in [0.25, 0.3) is 0 Å². The summed E-state index contributed by atoms with van der Waals surface area (Å²) >= 11 is 5.42. The van der Waals surface area contributed by atoms with E-state index >= 15 is 0 Å². The van der Waals surface area contributed by atoms with Gasteiger partial charge in [-0.3, -0.25) is 9.89 Å². The number of carbonyl (C=O) groups is 3. The molecule has 206 valence electrons. The number of nitrogens with zero attached hydrogens (tertiary/aromatic N) is 2. The minimum atomic E-state index is -2.83. The number of Topliss-reactive ketones (excluding diaryl/α,β-unsaturated/α-hetero) is 2. The first-order valence-corrected chi connectivity index (χ1v) is 13.1. The van der Waals surface area contributed by atoms with E-state index in [2.05, 4.69) is 35.0 Å². The minimum absolute atomic E-state index is 0.0611. The van der Waals surface area contributed by atoms with Crippen LogP contribution < -0.4 is 9.19 Å². The molecule has 10 heteroatoms. The Morgan fingerprint density at radius 2 is 1.82 bits per heavy atom. The van der Waals surface area contributed by atoms with Crippen LogP contribution >= 0.6 is 11.9 Å². The summed E-state index contributed by atoms with van der Waals surface area (Å²) in [5.41, 5.74) is 5.89. The summed E-state index contributed by atoms with van der Waals surface area (Å²) in [6, 6.07) is 13.8. The summed E-state index contributed by atoms with van der Waals surface area (Å²) in [6.07, 6.45) is 1.86. The van der Waals surface area contributed by atoms with E-state index in [4.69, 9.17) is 20.9 Å². The molecule has 1 aliphatic heterocycles. The van der Waals surface area contributed by atoms with E-state index in [1.807, 2.05) is 24.3 Å². The Balaban J connectivity index is 0.000000826. The third-order valence-electron chi connectivity index (χ3n) is 7.46. The van der Waals surface area contributed by atoms with Crippen molar-refractivity contribution in [3.8, 4) is 17.0 Å². The van der Waals surface area contributed by atoms with Crippen LogP contribution in [0.25, 0.3) is 11.3 Å². The summed E-state index contributed by atoms with van der Waals surface area (Å²) in [4.78, 5) is 36.1. The molecule has 1 fully saturated rings. The van der Waals surface area contributed by atoms with Crippen molar-refractivity contribution in [1.29, 1.82) is 0 Å². The van der Waals surface area contributed by atoms with E-state index in [-0.39, 0.29) is 23.7 Å². The number of benzene rings is 2. The van der Waals surface area contributed by atoms with Crippen molar-refractivity contribution in [2.45, 2.75) is 64.5 Å². The van der Waals surface area contributed by atoms with E-state index in [1.54, 1.807) is 25.3 Å². The molecule has 1 aromatic heterocycles. The fourth-order valence-electron chi connectivity index (χ4n) is 6.11. The van der Waals surface area contributed by atoms with E-state index in [0.29, 0.717) is 36.0 Å². The Morgan fingerprint density at radius 3 is 2.38 bits per heavy atom. The highest BCUT2D eigenvalue weighted by molar-refractivity contribution is 6.09. The van der Waals surface area contributed by atoms with E-state index in [9.17, 15) is 18.4 Å². The molecule has 1 aliphatic carbocycles. The maximum absolute atomic E-state index is 13.5. The number of aromatic amines is 1. The van der Waals surface area contributed by atoms with Gasteiger partial charge in [-0.25, -0.2) is 4.79 Å². The second-order valence-corrected chi connectivity index (χ2v) is 10.5. The zero-order valence-corrected chi connectivity index (χ0v) is 22.7. The number of aromatic nitrogens is 2. The van der Waals surface area contributed by atoms with Crippen molar-refractivity contribution < 1.29 is 27.5 Å². The lowest BCUT2D eigenvalue weighted by Crippen LogP contribution is -2.42. The van der Waals surface area contributed by atoms with Gasteiger partial charge in [0.05, 0.1) is 11.4 Å². The van der Waals surface area contributed by atoms with Gasteiger partial charge >= 0.3 is 6.29 Å². The molecule has 7 nitrogen and oxygen atoms in total. The smallest absolute Gasteiger partial charge is 0.386 e. The van der Waals surface area contributed by atoms with Crippen LogP contribution in [-0.2, 0) is 11.2 Å². The normalized spacial score (nSPS) is 19.3. The lowest BCUT2D eigenvalue weighted by molar-refractivity contribution is -0.117. The summed E-state index contributed by atoms with van der Waals surface area (Å²) in [6.45, 7) is 6.10. The third kappa shape index (κ3) is 6.19. The second-order valence-electron chi connectivity index (χ2n) is 10.3. The Morgan fingerprint density at radius 1 is 1.13 bits per heavy atom. The molecular weight excluding hydrogens is 528 g/mol. The number of rotatable bonds is 8. The van der Waals surface area contributed by atoms with Gasteiger partial charge in [-0.15, -0.1) is 8.78 Å². The highest BCUT2D eigenvalue weighted by Crippen LogP contribution is 2.56. The fraction of sp³-hybridized carbons (Fsp3) is 0.379. The Bertz CT molecular complexity index is 1340. The Labute approximate surface area is 230 Å². The number of hydrogen-bond acceptors (Lipinski definition) is 6. The molecule has 3 atom stereocenters. The highest BCUT2D eigenvalue weighted by atomic mass is 35.5. The molecule has 2 heterocycles. The van der Waals surface area contributed by atoms with Gasteiger partial charge in [0.2, 0.25) is 0 Å². The minimum Gasteiger partial charge on any atom is -0.386 e. The molecular formula is C29H30ClF2N3O4. The zero-order chi connectivity index (χ0) is 28.3. The van der Waals surface area contributed by atoms with Crippen LogP contribution in [0.1, 0.15) is 67.4 Å². The average molecular weight is 558 g/mol. The summed E-state index contributed by atoms with van der Waals surface area (Å²) in [7, 11) is 0. The predicted molar refractivity (Wildman–Crippen MR) is 145 cm³/mol. The summed E-state index contributed by atoms with van der Waals surface area (Å²) in [5.74, 6) is 1.48. The molecule has 1 N–H and O–H groups in total. The maximum atomic E-state index is 13.5. The molecule has 0 bridgehead atoms. The van der Waals surface area contributed by atoms with Gasteiger partial charge in [0.15, 0.2) is 5.78 Å². The van der Waals surface area contributed by atoms with Crippen LogP contribution in [-0.4, -0.2) is 40.1 Å². The van der Waals surface area contributed by atoms with Crippen molar-refractivity contribution in [3.63, 3.8) is 0 Å². The molecule has 0 spiro atoms. The lowest BCUT2D eigenvalue weighted by Gasteiger charge is -2.36. The number of carbonyl (C=O) groups excluding carboxylic acids is 3. The average Bonchev–Trinajstić information content (AvgIpc) is 3.61. The van der Waals surface area contributed by atoms with E-state index < -0.39 is 6.29 Å². The van der Waals surface area contributed by atoms with Gasteiger partial charge in [-0.2, -0.15) is 5.10 Å². The van der Waals surface area contributed by atoms with Crippen molar-refractivity contribution in [2.75, 3.05) is 4.90 Å².